The Morgan fingerprint density at radius 1 is 0.850 bits per heavy atom. The zero-order chi connectivity index (χ0) is 15.3. The predicted octanol–water partition coefficient (Wildman–Crippen LogP) is 2.00. The van der Waals surface area contributed by atoms with E-state index in [0.717, 1.165) is 0 Å². The number of hydrogen-bond donors (Lipinski definition) is 3. The Morgan fingerprint density at radius 2 is 1.30 bits per heavy atom. The molecule has 0 aromatic heterocycles. The van der Waals surface area contributed by atoms with Crippen molar-refractivity contribution in [3.8, 4) is 0 Å². The fourth-order valence-corrected chi connectivity index (χ4v) is 1.40. The van der Waals surface area contributed by atoms with Crippen molar-refractivity contribution in [1.82, 2.24) is 0 Å². The molecule has 3 N–H and O–H groups in total. The molecule has 20 heavy (non-hydrogen) atoms. The maximum Gasteiger partial charge on any atom is 0.331 e. The third-order valence-electron chi connectivity index (χ3n) is 2.69. The molecule has 1 aromatic carbocycles. The van der Waals surface area contributed by atoms with Crippen molar-refractivity contribution in [1.29, 1.82) is 0 Å². The van der Waals surface area contributed by atoms with E-state index in [2.05, 4.69) is 10.6 Å². The van der Waals surface area contributed by atoms with Gasteiger partial charge in [0, 0.05) is 29.4 Å². The first kappa shape index (κ1) is 15.4. The maximum absolute atomic E-state index is 11.8. The van der Waals surface area contributed by atoms with Crippen LogP contribution in [0.15, 0.2) is 35.4 Å². The van der Waals surface area contributed by atoms with Crippen LogP contribution in [0.5, 0.6) is 0 Å². The van der Waals surface area contributed by atoms with Crippen LogP contribution < -0.4 is 10.6 Å². The lowest BCUT2D eigenvalue weighted by atomic mass is 10.1. The highest BCUT2D eigenvalue weighted by Crippen LogP contribution is 2.15. The summed E-state index contributed by atoms with van der Waals surface area (Å²) in [5.74, 6) is -1.78. The minimum atomic E-state index is -1.13. The van der Waals surface area contributed by atoms with Gasteiger partial charge in [0.1, 0.15) is 0 Å². The highest BCUT2D eigenvalue weighted by Gasteiger charge is 2.12. The van der Waals surface area contributed by atoms with Gasteiger partial charge in [-0.3, -0.25) is 9.59 Å². The molecular weight excluding hydrogens is 260 g/mol. The van der Waals surface area contributed by atoms with Crippen LogP contribution in [0, 0.1) is 0 Å². The Morgan fingerprint density at radius 3 is 1.70 bits per heavy atom. The van der Waals surface area contributed by atoms with Crippen LogP contribution in [-0.2, 0) is 14.4 Å². The molecule has 0 heterocycles. The molecule has 0 atom stereocenters. The minimum absolute atomic E-state index is 0.00244. The van der Waals surface area contributed by atoms with E-state index in [1.165, 1.54) is 20.8 Å². The molecule has 0 aliphatic carbocycles. The number of amides is 2. The number of hydrogen-bond acceptors (Lipinski definition) is 3. The quantitative estimate of drug-likeness (QED) is 0.733. The number of anilines is 2. The van der Waals surface area contributed by atoms with Crippen LogP contribution >= 0.6 is 0 Å². The Hall–Kier alpha value is -2.63. The summed E-state index contributed by atoms with van der Waals surface area (Å²) in [6, 6.07) is 6.51. The van der Waals surface area contributed by atoms with E-state index >= 15 is 0 Å². The van der Waals surface area contributed by atoms with Crippen LogP contribution in [0.2, 0.25) is 0 Å². The van der Waals surface area contributed by atoms with Gasteiger partial charge in [0.05, 0.1) is 0 Å². The zero-order valence-corrected chi connectivity index (χ0v) is 11.5. The fraction of sp³-hybridized carbons (Fsp3) is 0.214. The van der Waals surface area contributed by atoms with Crippen LogP contribution in [-0.4, -0.2) is 22.9 Å². The Labute approximate surface area is 116 Å². The first-order valence-electron chi connectivity index (χ1n) is 5.91. The molecule has 0 aliphatic heterocycles. The van der Waals surface area contributed by atoms with Gasteiger partial charge in [0.25, 0.3) is 5.91 Å². The lowest BCUT2D eigenvalue weighted by molar-refractivity contribution is -0.133. The standard InChI is InChI=1S/C14H16N2O4/c1-8(9(2)14(19)20)13(18)16-12-6-4-11(5-7-12)15-10(3)17/h4-7H,1-3H3,(H,15,17)(H,16,18)(H,19,20)/b9-8-. The van der Waals surface area contributed by atoms with Crippen molar-refractivity contribution in [3.05, 3.63) is 35.4 Å². The van der Waals surface area contributed by atoms with Crippen LogP contribution in [0.25, 0.3) is 0 Å². The van der Waals surface area contributed by atoms with Crippen LogP contribution in [0.4, 0.5) is 11.4 Å². The average molecular weight is 276 g/mol. The number of carboxylic acid groups (broad SMARTS) is 1. The van der Waals surface area contributed by atoms with Crippen LogP contribution in [0.1, 0.15) is 20.8 Å². The minimum Gasteiger partial charge on any atom is -0.478 e. The van der Waals surface area contributed by atoms with Crippen molar-refractivity contribution in [2.45, 2.75) is 20.8 Å². The Kier molecular flexibility index (Phi) is 5.02. The lowest BCUT2D eigenvalue weighted by Gasteiger charge is -2.08. The first-order chi connectivity index (χ1) is 9.31. The van der Waals surface area contributed by atoms with Gasteiger partial charge >= 0.3 is 5.97 Å². The maximum atomic E-state index is 11.8. The van der Waals surface area contributed by atoms with E-state index in [1.54, 1.807) is 24.3 Å². The average Bonchev–Trinajstić information content (AvgIpc) is 2.38. The summed E-state index contributed by atoms with van der Waals surface area (Å²) in [7, 11) is 0. The van der Waals surface area contributed by atoms with E-state index in [-0.39, 0.29) is 17.1 Å². The summed E-state index contributed by atoms with van der Waals surface area (Å²) in [4.78, 5) is 33.4. The van der Waals surface area contributed by atoms with Gasteiger partial charge in [-0.25, -0.2) is 4.79 Å². The van der Waals surface area contributed by atoms with Gasteiger partial charge < -0.3 is 15.7 Å². The predicted molar refractivity (Wildman–Crippen MR) is 75.4 cm³/mol. The summed E-state index contributed by atoms with van der Waals surface area (Å²) < 4.78 is 0. The molecule has 0 spiro atoms. The van der Waals surface area contributed by atoms with E-state index in [9.17, 15) is 14.4 Å². The summed E-state index contributed by atoms with van der Waals surface area (Å²) in [5, 5.41) is 14.0. The highest BCUT2D eigenvalue weighted by molar-refractivity contribution is 6.08. The fourth-order valence-electron chi connectivity index (χ4n) is 1.40. The molecule has 0 bridgehead atoms. The molecule has 6 heteroatoms. The SMILES string of the molecule is CC(=O)Nc1ccc(NC(=O)/C(C)=C(/C)C(=O)O)cc1. The summed E-state index contributed by atoms with van der Waals surface area (Å²) in [6.07, 6.45) is 0. The van der Waals surface area contributed by atoms with E-state index in [4.69, 9.17) is 5.11 Å². The molecule has 0 saturated carbocycles. The van der Waals surface area contributed by atoms with Crippen LogP contribution in [0.3, 0.4) is 0 Å². The zero-order valence-electron chi connectivity index (χ0n) is 11.5. The van der Waals surface area contributed by atoms with E-state index in [0.29, 0.717) is 11.4 Å². The second-order valence-corrected chi connectivity index (χ2v) is 4.27. The molecule has 6 nitrogen and oxygen atoms in total. The van der Waals surface area contributed by atoms with Gasteiger partial charge in [-0.1, -0.05) is 0 Å². The molecule has 1 aromatic rings. The molecule has 2 amide bonds. The molecule has 0 unspecified atom stereocenters. The largest absolute Gasteiger partial charge is 0.478 e. The van der Waals surface area contributed by atoms with Crippen molar-refractivity contribution in [3.63, 3.8) is 0 Å². The molecular formula is C14H16N2O4. The van der Waals surface area contributed by atoms with Gasteiger partial charge in [-0.15, -0.1) is 0 Å². The molecule has 106 valence electrons. The lowest BCUT2D eigenvalue weighted by Crippen LogP contribution is -2.16. The van der Waals surface area contributed by atoms with Crippen molar-refractivity contribution >= 4 is 29.2 Å². The van der Waals surface area contributed by atoms with Crippen molar-refractivity contribution < 1.29 is 19.5 Å². The van der Waals surface area contributed by atoms with Gasteiger partial charge in [-0.2, -0.15) is 0 Å². The topological polar surface area (TPSA) is 95.5 Å². The van der Waals surface area contributed by atoms with Gasteiger partial charge in [0.15, 0.2) is 0 Å². The molecule has 1 rings (SSSR count). The normalized spacial score (nSPS) is 11.3. The molecule has 0 radical (unpaired) electrons. The summed E-state index contributed by atoms with van der Waals surface area (Å²) >= 11 is 0. The van der Waals surface area contributed by atoms with Crippen molar-refractivity contribution in [2.75, 3.05) is 10.6 Å². The smallest absolute Gasteiger partial charge is 0.331 e. The van der Waals surface area contributed by atoms with E-state index in [1.807, 2.05) is 0 Å². The number of rotatable bonds is 4. The molecule has 0 fully saturated rings. The Bertz CT molecular complexity index is 573. The first-order valence-corrected chi connectivity index (χ1v) is 5.91. The number of benzene rings is 1. The Balaban J connectivity index is 2.79. The number of carboxylic acids is 1. The second kappa shape index (κ2) is 6.51. The number of carbonyl (C=O) groups excluding carboxylic acids is 2. The van der Waals surface area contributed by atoms with Gasteiger partial charge in [0.2, 0.25) is 5.91 Å². The second-order valence-electron chi connectivity index (χ2n) is 4.27. The number of nitrogens with one attached hydrogen (secondary N) is 2. The molecule has 0 saturated heterocycles. The summed E-state index contributed by atoms with van der Waals surface area (Å²) in [6.45, 7) is 4.22. The number of carbonyl (C=O) groups is 3. The number of aliphatic carboxylic acids is 1. The van der Waals surface area contributed by atoms with E-state index < -0.39 is 11.9 Å². The third kappa shape index (κ3) is 4.24. The van der Waals surface area contributed by atoms with Crippen molar-refractivity contribution in [2.24, 2.45) is 0 Å². The molecule has 0 aliphatic rings. The monoisotopic (exact) mass is 276 g/mol. The summed E-state index contributed by atoms with van der Waals surface area (Å²) in [5.41, 5.74) is 1.27. The van der Waals surface area contributed by atoms with Gasteiger partial charge in [-0.05, 0) is 38.1 Å². The highest BCUT2D eigenvalue weighted by atomic mass is 16.4. The third-order valence-corrected chi connectivity index (χ3v) is 2.69.